The van der Waals surface area contributed by atoms with E-state index in [-0.39, 0.29) is 11.7 Å². The minimum Gasteiger partial charge on any atom is -0.368 e. The molecule has 8 heteroatoms. The summed E-state index contributed by atoms with van der Waals surface area (Å²) in [6.45, 7) is 2.78. The summed E-state index contributed by atoms with van der Waals surface area (Å²) in [6.07, 6.45) is 0.790. The van der Waals surface area contributed by atoms with Gasteiger partial charge in [-0.2, -0.15) is 4.98 Å². The molecule has 0 unspecified atom stereocenters. The lowest BCUT2D eigenvalue weighted by atomic mass is 10.2. The second-order valence-electron chi connectivity index (χ2n) is 6.33. The second-order valence-corrected chi connectivity index (χ2v) is 7.28. The first-order valence-electron chi connectivity index (χ1n) is 8.84. The van der Waals surface area contributed by atoms with Crippen LogP contribution in [0.25, 0.3) is 10.7 Å². The number of nitrogens with zero attached hydrogens (tertiary/aromatic N) is 4. The van der Waals surface area contributed by atoms with E-state index in [1.807, 2.05) is 22.4 Å². The summed E-state index contributed by atoms with van der Waals surface area (Å²) < 4.78 is 18.3. The van der Waals surface area contributed by atoms with E-state index < -0.39 is 0 Å². The highest BCUT2D eigenvalue weighted by atomic mass is 32.1. The minimum atomic E-state index is -0.240. The third-order valence-corrected chi connectivity index (χ3v) is 5.45. The molecule has 27 heavy (non-hydrogen) atoms. The van der Waals surface area contributed by atoms with Gasteiger partial charge in [-0.05, 0) is 35.7 Å². The molecule has 1 aromatic carbocycles. The van der Waals surface area contributed by atoms with Crippen molar-refractivity contribution in [1.82, 2.24) is 15.0 Å². The molecular formula is C19H19FN4O2S. The van der Waals surface area contributed by atoms with Gasteiger partial charge in [0.25, 0.3) is 0 Å². The first-order valence-corrected chi connectivity index (χ1v) is 9.72. The van der Waals surface area contributed by atoms with Gasteiger partial charge < -0.3 is 14.3 Å². The highest BCUT2D eigenvalue weighted by Gasteiger charge is 2.22. The monoisotopic (exact) mass is 386 g/mol. The number of aromatic nitrogens is 2. The number of thiophene rings is 1. The van der Waals surface area contributed by atoms with Crippen LogP contribution in [0.2, 0.25) is 0 Å². The van der Waals surface area contributed by atoms with Gasteiger partial charge >= 0.3 is 0 Å². The van der Waals surface area contributed by atoms with Crippen molar-refractivity contribution in [3.05, 3.63) is 53.5 Å². The molecule has 1 aliphatic heterocycles. The number of rotatable bonds is 5. The van der Waals surface area contributed by atoms with E-state index in [1.165, 1.54) is 12.1 Å². The first kappa shape index (κ1) is 17.7. The van der Waals surface area contributed by atoms with Gasteiger partial charge in [-0.3, -0.25) is 4.79 Å². The molecule has 1 aliphatic rings. The predicted molar refractivity (Wildman–Crippen MR) is 101 cm³/mol. The van der Waals surface area contributed by atoms with Crippen molar-refractivity contribution >= 4 is 22.9 Å². The summed E-state index contributed by atoms with van der Waals surface area (Å²) >= 11 is 1.55. The van der Waals surface area contributed by atoms with Gasteiger partial charge in [0, 0.05) is 44.7 Å². The van der Waals surface area contributed by atoms with Crippen LogP contribution in [0.1, 0.15) is 12.3 Å². The van der Waals surface area contributed by atoms with E-state index in [1.54, 1.807) is 23.5 Å². The maximum Gasteiger partial charge on any atom is 0.227 e. The highest BCUT2D eigenvalue weighted by Crippen LogP contribution is 2.22. The van der Waals surface area contributed by atoms with E-state index in [2.05, 4.69) is 15.0 Å². The third-order valence-electron chi connectivity index (χ3n) is 4.59. The number of aryl methyl sites for hydroxylation is 1. The number of carbonyl (C=O) groups is 1. The van der Waals surface area contributed by atoms with Gasteiger partial charge in [-0.25, -0.2) is 4.39 Å². The molecule has 3 aromatic rings. The van der Waals surface area contributed by atoms with E-state index in [0.29, 0.717) is 37.6 Å². The molecular weight excluding hydrogens is 367 g/mol. The zero-order valence-electron chi connectivity index (χ0n) is 14.7. The van der Waals surface area contributed by atoms with Crippen molar-refractivity contribution in [3.8, 4) is 10.7 Å². The number of benzene rings is 1. The predicted octanol–water partition coefficient (Wildman–Crippen LogP) is 3.22. The third kappa shape index (κ3) is 4.16. The number of halogens is 1. The normalized spacial score (nSPS) is 14.6. The molecule has 1 saturated heterocycles. The molecule has 0 saturated carbocycles. The van der Waals surface area contributed by atoms with Gasteiger partial charge in [-0.1, -0.05) is 11.2 Å². The topological polar surface area (TPSA) is 62.5 Å². The van der Waals surface area contributed by atoms with Crippen molar-refractivity contribution in [2.45, 2.75) is 12.8 Å². The molecule has 0 atom stereocenters. The van der Waals surface area contributed by atoms with Crippen LogP contribution in [0.15, 0.2) is 46.3 Å². The Labute approximate surface area is 160 Å². The minimum absolute atomic E-state index is 0.0876. The smallest absolute Gasteiger partial charge is 0.227 e. The zero-order chi connectivity index (χ0) is 18.6. The average Bonchev–Trinajstić information content (AvgIpc) is 3.38. The summed E-state index contributed by atoms with van der Waals surface area (Å²) in [5.74, 6) is 0.900. The fourth-order valence-electron chi connectivity index (χ4n) is 3.10. The lowest BCUT2D eigenvalue weighted by molar-refractivity contribution is -0.131. The van der Waals surface area contributed by atoms with E-state index in [9.17, 15) is 9.18 Å². The molecule has 1 fully saturated rings. The number of hydrogen-bond acceptors (Lipinski definition) is 6. The Morgan fingerprint density at radius 1 is 1.15 bits per heavy atom. The van der Waals surface area contributed by atoms with Gasteiger partial charge in [0.1, 0.15) is 5.82 Å². The number of anilines is 1. The Balaban J connectivity index is 1.27. The highest BCUT2D eigenvalue weighted by molar-refractivity contribution is 7.13. The fraction of sp³-hybridized carbons (Fsp3) is 0.316. The van der Waals surface area contributed by atoms with Crippen molar-refractivity contribution in [3.63, 3.8) is 0 Å². The van der Waals surface area contributed by atoms with Crippen molar-refractivity contribution in [1.29, 1.82) is 0 Å². The Morgan fingerprint density at radius 2 is 1.93 bits per heavy atom. The molecule has 1 amide bonds. The largest absolute Gasteiger partial charge is 0.368 e. The number of amides is 1. The van der Waals surface area contributed by atoms with Crippen molar-refractivity contribution in [2.24, 2.45) is 0 Å². The number of carbonyl (C=O) groups excluding carboxylic acids is 1. The standard InChI is InChI=1S/C19H19FN4O2S/c20-14-3-5-15(6-4-14)23-9-11-24(12-10-23)18(25)8-7-17-21-19(22-26-17)16-2-1-13-27-16/h1-6,13H,7-12H2. The van der Waals surface area contributed by atoms with Crippen LogP contribution >= 0.6 is 11.3 Å². The Morgan fingerprint density at radius 3 is 2.63 bits per heavy atom. The molecule has 0 spiro atoms. The summed E-state index contributed by atoms with van der Waals surface area (Å²) in [5.41, 5.74) is 0.982. The average molecular weight is 386 g/mol. The Hall–Kier alpha value is -2.74. The summed E-state index contributed by atoms with van der Waals surface area (Å²) in [4.78, 5) is 21.8. The molecule has 0 bridgehead atoms. The molecule has 140 valence electrons. The lowest BCUT2D eigenvalue weighted by Gasteiger charge is -2.36. The van der Waals surface area contributed by atoms with Crippen molar-refractivity contribution in [2.75, 3.05) is 31.1 Å². The SMILES string of the molecule is O=C(CCc1nc(-c2cccs2)no1)N1CCN(c2ccc(F)cc2)CC1. The number of hydrogen-bond donors (Lipinski definition) is 0. The summed E-state index contributed by atoms with van der Waals surface area (Å²) in [6, 6.07) is 10.3. The van der Waals surface area contributed by atoms with Crippen LogP contribution in [0.4, 0.5) is 10.1 Å². The molecule has 0 radical (unpaired) electrons. The molecule has 0 N–H and O–H groups in total. The lowest BCUT2D eigenvalue weighted by Crippen LogP contribution is -2.48. The van der Waals surface area contributed by atoms with Gasteiger partial charge in [0.15, 0.2) is 0 Å². The van der Waals surface area contributed by atoms with Gasteiger partial charge in [0.2, 0.25) is 17.6 Å². The summed E-state index contributed by atoms with van der Waals surface area (Å²) in [5, 5.41) is 5.92. The Bertz CT molecular complexity index is 887. The Kier molecular flexibility index (Phi) is 5.15. The second kappa shape index (κ2) is 7.87. The van der Waals surface area contributed by atoms with Crippen LogP contribution < -0.4 is 4.90 Å². The van der Waals surface area contributed by atoms with Crippen molar-refractivity contribution < 1.29 is 13.7 Å². The van der Waals surface area contributed by atoms with Crippen LogP contribution in [0.3, 0.4) is 0 Å². The van der Waals surface area contributed by atoms with Crippen LogP contribution in [-0.2, 0) is 11.2 Å². The van der Waals surface area contributed by atoms with Gasteiger partial charge in [-0.15, -0.1) is 11.3 Å². The van der Waals surface area contributed by atoms with Crippen LogP contribution in [0.5, 0.6) is 0 Å². The summed E-state index contributed by atoms with van der Waals surface area (Å²) in [7, 11) is 0. The molecule has 6 nitrogen and oxygen atoms in total. The maximum absolute atomic E-state index is 13.0. The molecule has 3 heterocycles. The van der Waals surface area contributed by atoms with Crippen LogP contribution in [-0.4, -0.2) is 47.1 Å². The van der Waals surface area contributed by atoms with Crippen LogP contribution in [0, 0.1) is 5.82 Å². The molecule has 4 rings (SSSR count). The number of piperazine rings is 1. The quantitative estimate of drug-likeness (QED) is 0.674. The van der Waals surface area contributed by atoms with E-state index in [4.69, 9.17) is 4.52 Å². The van der Waals surface area contributed by atoms with E-state index in [0.717, 1.165) is 23.7 Å². The van der Waals surface area contributed by atoms with Gasteiger partial charge in [0.05, 0.1) is 4.88 Å². The maximum atomic E-state index is 13.0. The molecule has 0 aliphatic carbocycles. The first-order chi connectivity index (χ1) is 13.2. The fourth-order valence-corrected chi connectivity index (χ4v) is 3.75. The van der Waals surface area contributed by atoms with E-state index >= 15 is 0 Å². The zero-order valence-corrected chi connectivity index (χ0v) is 15.5. The molecule has 2 aromatic heterocycles.